The van der Waals surface area contributed by atoms with Gasteiger partial charge in [-0.1, -0.05) is 0 Å². The van der Waals surface area contributed by atoms with Gasteiger partial charge >= 0.3 is 0 Å². The summed E-state index contributed by atoms with van der Waals surface area (Å²) in [5.74, 6) is 1.42. The molecule has 1 aliphatic heterocycles. The van der Waals surface area contributed by atoms with Crippen molar-refractivity contribution >= 4 is 17.0 Å². The molecular formula is C15H19N7S. The third-order valence-electron chi connectivity index (χ3n) is 4.30. The largest absolute Gasteiger partial charge is 0.297 e. The smallest absolute Gasteiger partial charge is 0.177 e. The molecule has 120 valence electrons. The second-order valence-corrected chi connectivity index (χ2v) is 7.33. The minimum atomic E-state index is 0.423. The molecular weight excluding hydrogens is 310 g/mol. The van der Waals surface area contributed by atoms with Gasteiger partial charge in [-0.3, -0.25) is 4.90 Å². The monoisotopic (exact) mass is 329 g/mol. The van der Waals surface area contributed by atoms with E-state index in [1.165, 1.54) is 0 Å². The third kappa shape index (κ3) is 2.96. The highest BCUT2D eigenvalue weighted by Gasteiger charge is 2.25. The van der Waals surface area contributed by atoms with Crippen molar-refractivity contribution < 1.29 is 0 Å². The predicted octanol–water partition coefficient (Wildman–Crippen LogP) is 1.97. The summed E-state index contributed by atoms with van der Waals surface area (Å²) in [6.07, 6.45) is 2.16. The van der Waals surface area contributed by atoms with Crippen molar-refractivity contribution in [1.82, 2.24) is 34.9 Å². The fourth-order valence-electron chi connectivity index (χ4n) is 3.09. The fourth-order valence-corrected chi connectivity index (χ4v) is 3.85. The summed E-state index contributed by atoms with van der Waals surface area (Å²) in [6, 6.07) is 3.95. The summed E-state index contributed by atoms with van der Waals surface area (Å²) in [7, 11) is 0. The van der Waals surface area contributed by atoms with Gasteiger partial charge < -0.3 is 0 Å². The van der Waals surface area contributed by atoms with E-state index in [9.17, 15) is 0 Å². The van der Waals surface area contributed by atoms with Crippen molar-refractivity contribution in [3.8, 4) is 0 Å². The maximum absolute atomic E-state index is 4.56. The van der Waals surface area contributed by atoms with Gasteiger partial charge in [0.2, 0.25) is 0 Å². The minimum absolute atomic E-state index is 0.423. The lowest BCUT2D eigenvalue weighted by Crippen LogP contribution is -2.33. The Bertz CT molecular complexity index is 816. The minimum Gasteiger partial charge on any atom is -0.297 e. The van der Waals surface area contributed by atoms with E-state index in [4.69, 9.17) is 0 Å². The molecule has 7 nitrogen and oxygen atoms in total. The van der Waals surface area contributed by atoms with Gasteiger partial charge in [-0.2, -0.15) is 9.61 Å². The van der Waals surface area contributed by atoms with Crippen LogP contribution in [0.4, 0.5) is 0 Å². The lowest BCUT2D eigenvalue weighted by Gasteiger charge is -2.30. The normalized spacial score (nSPS) is 17.1. The summed E-state index contributed by atoms with van der Waals surface area (Å²) in [5.41, 5.74) is 1.82. The summed E-state index contributed by atoms with van der Waals surface area (Å²) in [6.45, 7) is 6.99. The molecule has 0 aliphatic carbocycles. The number of fused-ring (bicyclic) bond motifs is 1. The molecule has 0 atom stereocenters. The Balaban J connectivity index is 1.45. The van der Waals surface area contributed by atoms with Crippen LogP contribution in [-0.4, -0.2) is 48.0 Å². The lowest BCUT2D eigenvalue weighted by atomic mass is 9.96. The van der Waals surface area contributed by atoms with Gasteiger partial charge in [0.05, 0.1) is 12.2 Å². The highest BCUT2D eigenvalue weighted by molar-refractivity contribution is 7.11. The van der Waals surface area contributed by atoms with E-state index in [1.54, 1.807) is 11.3 Å². The fraction of sp³-hybridized carbons (Fsp3) is 0.533. The summed E-state index contributed by atoms with van der Waals surface area (Å²) < 4.78 is 1.91. The first kappa shape index (κ1) is 14.6. The zero-order valence-electron chi connectivity index (χ0n) is 13.3. The number of aromatic nitrogens is 6. The van der Waals surface area contributed by atoms with Gasteiger partial charge in [0.1, 0.15) is 10.0 Å². The van der Waals surface area contributed by atoms with Crippen molar-refractivity contribution in [3.05, 3.63) is 33.7 Å². The Labute approximate surface area is 138 Å². The lowest BCUT2D eigenvalue weighted by molar-refractivity contribution is 0.200. The Morgan fingerprint density at radius 1 is 1.09 bits per heavy atom. The molecule has 3 aromatic heterocycles. The van der Waals surface area contributed by atoms with E-state index in [2.05, 4.69) is 30.4 Å². The van der Waals surface area contributed by atoms with Crippen molar-refractivity contribution in [2.45, 2.75) is 39.2 Å². The van der Waals surface area contributed by atoms with E-state index in [0.717, 1.165) is 59.7 Å². The topological polar surface area (TPSA) is 72.1 Å². The Kier molecular flexibility index (Phi) is 3.78. The molecule has 0 radical (unpaired) electrons. The van der Waals surface area contributed by atoms with Crippen molar-refractivity contribution in [2.75, 3.05) is 13.1 Å². The van der Waals surface area contributed by atoms with E-state index in [1.807, 2.05) is 30.5 Å². The number of aryl methyl sites for hydroxylation is 2. The Morgan fingerprint density at radius 3 is 2.65 bits per heavy atom. The molecule has 1 saturated heterocycles. The van der Waals surface area contributed by atoms with Crippen molar-refractivity contribution in [2.24, 2.45) is 0 Å². The van der Waals surface area contributed by atoms with Crippen LogP contribution in [0.2, 0.25) is 0 Å². The van der Waals surface area contributed by atoms with Gasteiger partial charge in [0, 0.05) is 5.92 Å². The molecule has 3 aromatic rings. The molecule has 0 aromatic carbocycles. The molecule has 4 rings (SSSR count). The van der Waals surface area contributed by atoms with Crippen LogP contribution < -0.4 is 0 Å². The van der Waals surface area contributed by atoms with Crippen LogP contribution in [0.15, 0.2) is 12.1 Å². The van der Waals surface area contributed by atoms with Gasteiger partial charge in [-0.15, -0.1) is 31.7 Å². The number of hydrogen-bond donors (Lipinski definition) is 0. The first-order valence-electron chi connectivity index (χ1n) is 7.89. The molecule has 0 saturated carbocycles. The quantitative estimate of drug-likeness (QED) is 0.731. The van der Waals surface area contributed by atoms with Crippen molar-refractivity contribution in [3.63, 3.8) is 0 Å². The SMILES string of the molecule is Cc1ccc2nnc(C3CCN(Cc4nnc(C)s4)CC3)n2n1. The standard InChI is InChI=1S/C15H19N7S/c1-10-3-4-13-17-19-15(22(13)20-10)12-5-7-21(8-6-12)9-14-18-16-11(2)23-14/h3-4,12H,5-9H2,1-2H3. The van der Waals surface area contributed by atoms with Gasteiger partial charge in [0.15, 0.2) is 11.5 Å². The van der Waals surface area contributed by atoms with Crippen LogP contribution in [0.5, 0.6) is 0 Å². The molecule has 0 bridgehead atoms. The van der Waals surface area contributed by atoms with Crippen LogP contribution in [-0.2, 0) is 6.54 Å². The van der Waals surface area contributed by atoms with E-state index in [-0.39, 0.29) is 0 Å². The van der Waals surface area contributed by atoms with Crippen LogP contribution in [0.3, 0.4) is 0 Å². The van der Waals surface area contributed by atoms with Crippen LogP contribution >= 0.6 is 11.3 Å². The van der Waals surface area contributed by atoms with E-state index in [0.29, 0.717) is 5.92 Å². The molecule has 1 fully saturated rings. The number of rotatable bonds is 3. The summed E-state index contributed by atoms with van der Waals surface area (Å²) in [4.78, 5) is 2.44. The predicted molar refractivity (Wildman–Crippen MR) is 87.4 cm³/mol. The number of hydrogen-bond acceptors (Lipinski definition) is 7. The summed E-state index contributed by atoms with van der Waals surface area (Å²) >= 11 is 1.68. The van der Waals surface area contributed by atoms with Gasteiger partial charge in [0.25, 0.3) is 0 Å². The maximum atomic E-state index is 4.56. The number of nitrogens with zero attached hydrogens (tertiary/aromatic N) is 7. The van der Waals surface area contributed by atoms with E-state index < -0.39 is 0 Å². The molecule has 0 N–H and O–H groups in total. The Morgan fingerprint density at radius 2 is 1.91 bits per heavy atom. The second-order valence-electron chi connectivity index (χ2n) is 6.07. The maximum Gasteiger partial charge on any atom is 0.177 e. The number of likely N-dealkylation sites (tertiary alicyclic amines) is 1. The zero-order valence-corrected chi connectivity index (χ0v) is 14.1. The molecule has 1 aliphatic rings. The number of piperidine rings is 1. The van der Waals surface area contributed by atoms with Crippen LogP contribution in [0.1, 0.15) is 40.3 Å². The highest BCUT2D eigenvalue weighted by atomic mass is 32.1. The highest BCUT2D eigenvalue weighted by Crippen LogP contribution is 2.27. The zero-order chi connectivity index (χ0) is 15.8. The molecule has 0 amide bonds. The molecule has 23 heavy (non-hydrogen) atoms. The molecule has 4 heterocycles. The van der Waals surface area contributed by atoms with Gasteiger partial charge in [-0.25, -0.2) is 0 Å². The third-order valence-corrected chi connectivity index (χ3v) is 5.12. The van der Waals surface area contributed by atoms with Gasteiger partial charge in [-0.05, 0) is 51.9 Å². The summed E-state index contributed by atoms with van der Waals surface area (Å²) in [5, 5.41) is 23.6. The second kappa shape index (κ2) is 5.93. The van der Waals surface area contributed by atoms with Crippen molar-refractivity contribution in [1.29, 1.82) is 0 Å². The molecule has 8 heteroatoms. The van der Waals surface area contributed by atoms with E-state index >= 15 is 0 Å². The molecule has 0 spiro atoms. The average Bonchev–Trinajstić information content (AvgIpc) is 3.14. The average molecular weight is 329 g/mol. The first-order chi connectivity index (χ1) is 11.2. The first-order valence-corrected chi connectivity index (χ1v) is 8.71. The van der Waals surface area contributed by atoms with Crippen LogP contribution in [0, 0.1) is 13.8 Å². The van der Waals surface area contributed by atoms with Crippen LogP contribution in [0.25, 0.3) is 5.65 Å². The molecule has 0 unspecified atom stereocenters. The Hall–Kier alpha value is -1.93.